The van der Waals surface area contributed by atoms with E-state index in [4.69, 9.17) is 10.5 Å². The van der Waals surface area contributed by atoms with Crippen LogP contribution in [0.5, 0.6) is 0 Å². The van der Waals surface area contributed by atoms with Crippen LogP contribution in [-0.4, -0.2) is 30.2 Å². The summed E-state index contributed by atoms with van der Waals surface area (Å²) in [5.74, 6) is 0.875. The van der Waals surface area contributed by atoms with Gasteiger partial charge in [-0.1, -0.05) is 38.1 Å². The molecule has 7 heteroatoms. The Morgan fingerprint density at radius 3 is 2.26 bits per heavy atom. The third-order valence-electron chi connectivity index (χ3n) is 4.07. The number of amides is 1. The van der Waals surface area contributed by atoms with Crippen molar-refractivity contribution in [2.45, 2.75) is 71.1 Å². The molecule has 1 aliphatic carbocycles. The third-order valence-corrected chi connectivity index (χ3v) is 4.07. The van der Waals surface area contributed by atoms with E-state index < -0.39 is 11.7 Å². The summed E-state index contributed by atoms with van der Waals surface area (Å²) in [5.41, 5.74) is 7.61. The van der Waals surface area contributed by atoms with Crippen LogP contribution >= 0.6 is 24.0 Å². The topological polar surface area (TPSA) is 88.7 Å². The summed E-state index contributed by atoms with van der Waals surface area (Å²) < 4.78 is 5.39. The van der Waals surface area contributed by atoms with Crippen LogP contribution in [0.4, 0.5) is 4.79 Å². The highest BCUT2D eigenvalue weighted by atomic mass is 127. The van der Waals surface area contributed by atoms with Gasteiger partial charge in [0.15, 0.2) is 5.96 Å². The van der Waals surface area contributed by atoms with Crippen LogP contribution in [0, 0.1) is 0 Å². The number of benzene rings is 1. The molecule has 1 atom stereocenters. The standard InChI is InChI=1S/C20H32N4O2.HI/c1-13(2)14-6-8-15(9-7-14)17(24-19(25)26-20(3,4)5)12-22-18(21)23-16-10-11-16;/h6-9,13,16-17H,10-12H2,1-5H3,(H,24,25)(H3,21,22,23);1H. The number of nitrogens with zero attached hydrogens (tertiary/aromatic N) is 1. The van der Waals surface area contributed by atoms with Crippen LogP contribution in [0.1, 0.15) is 70.5 Å². The zero-order chi connectivity index (χ0) is 19.3. The van der Waals surface area contributed by atoms with Gasteiger partial charge in [0.2, 0.25) is 0 Å². The molecule has 152 valence electrons. The first kappa shape index (κ1) is 23.5. The molecular formula is C20H33IN4O2. The van der Waals surface area contributed by atoms with Gasteiger partial charge in [-0.2, -0.15) is 0 Å². The molecule has 0 aromatic heterocycles. The Morgan fingerprint density at radius 2 is 1.78 bits per heavy atom. The molecule has 1 aromatic carbocycles. The van der Waals surface area contributed by atoms with Crippen molar-refractivity contribution in [2.75, 3.05) is 6.54 Å². The van der Waals surface area contributed by atoms with Gasteiger partial charge in [-0.3, -0.25) is 4.99 Å². The van der Waals surface area contributed by atoms with Gasteiger partial charge in [-0.05, 0) is 50.7 Å². The molecule has 1 amide bonds. The number of hydrogen-bond donors (Lipinski definition) is 3. The van der Waals surface area contributed by atoms with Crippen molar-refractivity contribution in [1.82, 2.24) is 10.6 Å². The predicted molar refractivity (Wildman–Crippen MR) is 121 cm³/mol. The number of aliphatic imine (C=N–C) groups is 1. The third kappa shape index (κ3) is 8.81. The van der Waals surface area contributed by atoms with Gasteiger partial charge >= 0.3 is 6.09 Å². The van der Waals surface area contributed by atoms with Crippen LogP contribution in [0.15, 0.2) is 29.3 Å². The largest absolute Gasteiger partial charge is 0.444 e. The van der Waals surface area contributed by atoms with Crippen molar-refractivity contribution < 1.29 is 9.53 Å². The summed E-state index contributed by atoms with van der Waals surface area (Å²) in [7, 11) is 0. The van der Waals surface area contributed by atoms with E-state index >= 15 is 0 Å². The molecule has 1 saturated carbocycles. The Kier molecular flexibility index (Phi) is 8.84. The number of nitrogens with one attached hydrogen (secondary N) is 2. The Bertz CT molecular complexity index is 634. The zero-order valence-corrected chi connectivity index (χ0v) is 19.2. The van der Waals surface area contributed by atoms with E-state index in [0.717, 1.165) is 18.4 Å². The fraction of sp³-hybridized carbons (Fsp3) is 0.600. The van der Waals surface area contributed by atoms with Crippen LogP contribution in [0.25, 0.3) is 0 Å². The Hall–Kier alpha value is -1.51. The van der Waals surface area contributed by atoms with E-state index in [-0.39, 0.29) is 30.0 Å². The average Bonchev–Trinajstić information content (AvgIpc) is 3.33. The minimum Gasteiger partial charge on any atom is -0.444 e. The molecule has 27 heavy (non-hydrogen) atoms. The minimum atomic E-state index is -0.550. The predicted octanol–water partition coefficient (Wildman–Crippen LogP) is 4.06. The van der Waals surface area contributed by atoms with Crippen molar-refractivity contribution in [3.63, 3.8) is 0 Å². The van der Waals surface area contributed by atoms with Crippen LogP contribution in [0.3, 0.4) is 0 Å². The van der Waals surface area contributed by atoms with Crippen molar-refractivity contribution in [1.29, 1.82) is 0 Å². The maximum absolute atomic E-state index is 12.2. The Labute approximate surface area is 179 Å². The molecule has 0 spiro atoms. The summed E-state index contributed by atoms with van der Waals surface area (Å²) in [6.45, 7) is 10.2. The second-order valence-corrected chi connectivity index (χ2v) is 8.16. The van der Waals surface area contributed by atoms with Crippen LogP contribution in [-0.2, 0) is 4.74 Å². The maximum Gasteiger partial charge on any atom is 0.408 e. The Morgan fingerprint density at radius 1 is 1.22 bits per heavy atom. The molecule has 0 heterocycles. The molecular weight excluding hydrogens is 455 g/mol. The number of alkyl carbamates (subject to hydrolysis) is 1. The first-order valence-electron chi connectivity index (χ1n) is 9.30. The van der Waals surface area contributed by atoms with Crippen molar-refractivity contribution >= 4 is 36.0 Å². The quantitative estimate of drug-likeness (QED) is 0.320. The molecule has 6 nitrogen and oxygen atoms in total. The SMILES string of the molecule is CC(C)c1ccc(C(CN=C(N)NC2CC2)NC(=O)OC(C)(C)C)cc1.I. The molecule has 4 N–H and O–H groups in total. The minimum absolute atomic E-state index is 0. The van der Waals surface area contributed by atoms with E-state index in [2.05, 4.69) is 41.6 Å². The first-order chi connectivity index (χ1) is 12.1. The molecule has 1 aromatic rings. The fourth-order valence-electron chi connectivity index (χ4n) is 2.47. The van der Waals surface area contributed by atoms with E-state index in [1.165, 1.54) is 5.56 Å². The van der Waals surface area contributed by atoms with E-state index in [0.29, 0.717) is 24.5 Å². The number of carbonyl (C=O) groups is 1. The lowest BCUT2D eigenvalue weighted by molar-refractivity contribution is 0.0505. The number of hydrogen-bond acceptors (Lipinski definition) is 3. The summed E-state index contributed by atoms with van der Waals surface area (Å²) in [6.07, 6.45) is 1.80. The van der Waals surface area contributed by atoms with Gasteiger partial charge in [0.25, 0.3) is 0 Å². The first-order valence-corrected chi connectivity index (χ1v) is 9.30. The lowest BCUT2D eigenvalue weighted by Crippen LogP contribution is -2.37. The number of carbonyl (C=O) groups excluding carboxylic acids is 1. The zero-order valence-electron chi connectivity index (χ0n) is 16.9. The normalized spacial score (nSPS) is 15.7. The summed E-state index contributed by atoms with van der Waals surface area (Å²) in [4.78, 5) is 16.6. The lowest BCUT2D eigenvalue weighted by atomic mass is 9.99. The van der Waals surface area contributed by atoms with Crippen molar-refractivity contribution in [3.05, 3.63) is 35.4 Å². The van der Waals surface area contributed by atoms with E-state index in [1.54, 1.807) is 0 Å². The summed E-state index contributed by atoms with van der Waals surface area (Å²) in [6, 6.07) is 8.36. The monoisotopic (exact) mass is 488 g/mol. The van der Waals surface area contributed by atoms with Gasteiger partial charge in [0, 0.05) is 6.04 Å². The highest BCUT2D eigenvalue weighted by Gasteiger charge is 2.23. The second-order valence-electron chi connectivity index (χ2n) is 8.16. The van der Waals surface area contributed by atoms with Gasteiger partial charge in [-0.25, -0.2) is 4.79 Å². The fourth-order valence-corrected chi connectivity index (χ4v) is 2.47. The smallest absolute Gasteiger partial charge is 0.408 e. The molecule has 0 aliphatic heterocycles. The number of guanidine groups is 1. The molecule has 0 bridgehead atoms. The van der Waals surface area contributed by atoms with Crippen LogP contribution < -0.4 is 16.4 Å². The number of nitrogens with two attached hydrogens (primary N) is 1. The average molecular weight is 488 g/mol. The summed E-state index contributed by atoms with van der Waals surface area (Å²) >= 11 is 0. The maximum atomic E-state index is 12.2. The molecule has 2 rings (SSSR count). The molecule has 0 saturated heterocycles. The highest BCUT2D eigenvalue weighted by molar-refractivity contribution is 14.0. The Balaban J connectivity index is 0.00000364. The number of ether oxygens (including phenoxy) is 1. The van der Waals surface area contributed by atoms with Gasteiger partial charge in [0.05, 0.1) is 12.6 Å². The molecule has 1 unspecified atom stereocenters. The highest BCUT2D eigenvalue weighted by Crippen LogP contribution is 2.21. The number of halogens is 1. The van der Waals surface area contributed by atoms with Gasteiger partial charge in [0.1, 0.15) is 5.60 Å². The number of rotatable bonds is 6. The van der Waals surface area contributed by atoms with E-state index in [9.17, 15) is 4.79 Å². The second kappa shape index (κ2) is 10.1. The molecule has 1 aliphatic rings. The van der Waals surface area contributed by atoms with Crippen molar-refractivity contribution in [2.24, 2.45) is 10.7 Å². The van der Waals surface area contributed by atoms with Gasteiger partial charge in [-0.15, -0.1) is 24.0 Å². The molecule has 0 radical (unpaired) electrons. The molecule has 1 fully saturated rings. The lowest BCUT2D eigenvalue weighted by Gasteiger charge is -2.23. The van der Waals surface area contributed by atoms with Crippen LogP contribution in [0.2, 0.25) is 0 Å². The van der Waals surface area contributed by atoms with Gasteiger partial charge < -0.3 is 21.1 Å². The van der Waals surface area contributed by atoms with Crippen molar-refractivity contribution in [3.8, 4) is 0 Å². The summed E-state index contributed by atoms with van der Waals surface area (Å²) in [5, 5.41) is 6.07. The van der Waals surface area contributed by atoms with E-state index in [1.807, 2.05) is 32.9 Å².